The maximum atomic E-state index is 14.6. The van der Waals surface area contributed by atoms with E-state index in [1.165, 1.54) is 20.2 Å². The number of aromatic carboxylic acids is 1. The molecule has 82 heavy (non-hydrogen) atoms. The number of nitrogens with zero attached hydrogens (tertiary/aromatic N) is 3. The number of carboxylic acid groups (broad SMARTS) is 1. The van der Waals surface area contributed by atoms with Crippen LogP contribution in [0, 0.1) is 17.8 Å². The first-order valence-corrected chi connectivity index (χ1v) is 29.3. The zero-order chi connectivity index (χ0) is 60.9. The van der Waals surface area contributed by atoms with Crippen molar-refractivity contribution < 1.29 is 77.9 Å². The number of ether oxygens (including phenoxy) is 7. The summed E-state index contributed by atoms with van der Waals surface area (Å²) in [6.45, 7) is 18.2. The summed E-state index contributed by atoms with van der Waals surface area (Å²) in [6, 6.07) is 2.39. The van der Waals surface area contributed by atoms with Crippen molar-refractivity contribution in [2.45, 2.75) is 211 Å². The quantitative estimate of drug-likeness (QED) is 0.0735. The molecule has 4 aliphatic rings. The van der Waals surface area contributed by atoms with Crippen LogP contribution in [-0.4, -0.2) is 215 Å². The predicted octanol–water partition coefficient (Wildman–Crippen LogP) is 3.66. The van der Waals surface area contributed by atoms with Crippen LogP contribution in [-0.2, 0) is 47.5 Å². The Labute approximate surface area is 486 Å². The zero-order valence-corrected chi connectivity index (χ0v) is 51.1. The van der Waals surface area contributed by atoms with Crippen LogP contribution in [0.1, 0.15) is 131 Å². The van der Waals surface area contributed by atoms with Gasteiger partial charge in [-0.2, -0.15) is 0 Å². The number of halogens is 1. The van der Waals surface area contributed by atoms with Gasteiger partial charge in [-0.15, -0.1) is 0 Å². The standard InChI is InChI=1S/C58H93ClN6O17/c1-15-43-58(10,75)50(70)34(6)64(13)28-30(2)25-56(8,74)51(82-55-48(69)42(63(11)12)22-31(3)77-55)32(4)49(33(5)54(73)79-43)81-46-26-57(9,76-14)52(35(7)78-46)80-45(67)27-62-44(66)18-19-60-20-21-61-40-23-37-41(24-39(40)59)65(36-16-17-36)29-38(47(37)68)53(71)72/h23-24,29-36,42-43,46,48-52,55,60-61,69-70,74-75H,15-22,25-28H2,1-14H3,(H,62,66)(H,71,72)/t30-,31-,32-,33-,34-,35+,42+,43+,46+,48-,49+,50-,51-,52+,55+,56-,57-,58-/m0/s1. The molecule has 4 heterocycles. The molecule has 0 bridgehead atoms. The lowest BCUT2D eigenvalue weighted by molar-refractivity contribution is -0.318. The lowest BCUT2D eigenvalue weighted by Gasteiger charge is -2.49. The number of aliphatic hydroxyl groups is 4. The molecule has 0 unspecified atom stereocenters. The molecule has 1 aliphatic carbocycles. The maximum Gasteiger partial charge on any atom is 0.341 e. The number of likely N-dealkylation sites (N-methyl/N-ethyl adjacent to an activating group) is 2. The van der Waals surface area contributed by atoms with E-state index in [2.05, 4.69) is 16.0 Å². The fourth-order valence-electron chi connectivity index (χ4n) is 12.3. The van der Waals surface area contributed by atoms with Crippen LogP contribution in [0.15, 0.2) is 23.1 Å². The Balaban J connectivity index is 1.12. The second-order valence-electron chi connectivity index (χ2n) is 24.5. The van der Waals surface area contributed by atoms with Crippen LogP contribution in [0.5, 0.6) is 0 Å². The van der Waals surface area contributed by atoms with E-state index in [9.17, 15) is 49.5 Å². The molecule has 0 radical (unpaired) electrons. The van der Waals surface area contributed by atoms with E-state index in [0.29, 0.717) is 42.3 Å². The number of hydrogen-bond donors (Lipinski definition) is 8. The normalized spacial score (nSPS) is 36.5. The maximum absolute atomic E-state index is 14.6. The number of cyclic esters (lactones) is 1. The summed E-state index contributed by atoms with van der Waals surface area (Å²) in [4.78, 5) is 69.7. The lowest BCUT2D eigenvalue weighted by atomic mass is 9.77. The molecule has 464 valence electrons. The third-order valence-electron chi connectivity index (χ3n) is 17.3. The molecule has 3 aliphatic heterocycles. The number of benzene rings is 1. The highest BCUT2D eigenvalue weighted by atomic mass is 35.5. The van der Waals surface area contributed by atoms with Gasteiger partial charge in [-0.3, -0.25) is 19.2 Å². The Kier molecular flexibility index (Phi) is 22.9. The number of methoxy groups -OCH3 is 1. The van der Waals surface area contributed by atoms with E-state index >= 15 is 0 Å². The molecule has 2 aromatic rings. The van der Waals surface area contributed by atoms with Gasteiger partial charge in [0.1, 0.15) is 41.6 Å². The van der Waals surface area contributed by atoms with Gasteiger partial charge in [-0.1, -0.05) is 32.4 Å². The van der Waals surface area contributed by atoms with Crippen LogP contribution in [0.3, 0.4) is 0 Å². The molecular formula is C58H93ClN6O17. The fourth-order valence-corrected chi connectivity index (χ4v) is 12.5. The molecular weight excluding hydrogens is 1090 g/mol. The molecule has 1 aromatic carbocycles. The molecule has 6 rings (SSSR count). The van der Waals surface area contributed by atoms with Gasteiger partial charge in [0.2, 0.25) is 11.3 Å². The highest BCUT2D eigenvalue weighted by Crippen LogP contribution is 2.42. The minimum absolute atomic E-state index is 0.0211. The zero-order valence-electron chi connectivity index (χ0n) is 50.3. The molecule has 1 saturated carbocycles. The summed E-state index contributed by atoms with van der Waals surface area (Å²) < 4.78 is 46.4. The molecule has 1 amide bonds. The average molecular weight is 1180 g/mol. The Morgan fingerprint density at radius 2 is 1.62 bits per heavy atom. The summed E-state index contributed by atoms with van der Waals surface area (Å²) in [5, 5.41) is 67.3. The van der Waals surface area contributed by atoms with Gasteiger partial charge in [0, 0.05) is 81.8 Å². The van der Waals surface area contributed by atoms with E-state index in [4.69, 9.17) is 44.8 Å². The number of pyridine rings is 1. The van der Waals surface area contributed by atoms with Crippen LogP contribution in [0.2, 0.25) is 5.02 Å². The SMILES string of the molecule is CC[C@H]1OC(=O)[C@@H](C)[C@H](O[C@@H]2C[C@](C)(OC)[C@H](OC(=O)CNC(=O)CCNCCNc3cc4c(=O)c(C(=O)O)cn(C5CC5)c4cc3Cl)[C@@H](C)O2)[C@H](C)[C@H](O[C@H]2O[C@@H](C)C[C@@H](N(C)C)[C@@H]2O)[C@@](C)(O)C[C@H](C)CN(C)[C@@H](C)[C@H](O)[C@@]1(C)O. The van der Waals surface area contributed by atoms with Crippen molar-refractivity contribution in [3.8, 4) is 0 Å². The van der Waals surface area contributed by atoms with Crippen molar-refractivity contribution in [2.24, 2.45) is 17.8 Å². The van der Waals surface area contributed by atoms with E-state index < -0.39 is 126 Å². The lowest BCUT2D eigenvalue weighted by Crippen LogP contribution is -2.61. The highest BCUT2D eigenvalue weighted by Gasteiger charge is 2.54. The van der Waals surface area contributed by atoms with Crippen LogP contribution < -0.4 is 21.4 Å². The molecule has 1 aromatic heterocycles. The number of aliphatic hydroxyl groups excluding tert-OH is 2. The van der Waals surface area contributed by atoms with Crippen molar-refractivity contribution in [1.82, 2.24) is 25.0 Å². The number of carbonyl (C=O) groups is 4. The predicted molar refractivity (Wildman–Crippen MR) is 305 cm³/mol. The molecule has 8 N–H and O–H groups in total. The van der Waals surface area contributed by atoms with E-state index in [1.807, 2.05) is 44.8 Å². The molecule has 4 fully saturated rings. The molecule has 3 saturated heterocycles. The van der Waals surface area contributed by atoms with Crippen molar-refractivity contribution >= 4 is 52.0 Å². The topological polar surface area (TPSA) is 299 Å². The largest absolute Gasteiger partial charge is 0.477 e. The monoisotopic (exact) mass is 1180 g/mol. The molecule has 23 nitrogen and oxygen atoms in total. The number of amides is 1. The first-order valence-electron chi connectivity index (χ1n) is 28.9. The Bertz CT molecular complexity index is 2580. The van der Waals surface area contributed by atoms with Gasteiger partial charge < -0.3 is 89.0 Å². The van der Waals surface area contributed by atoms with E-state index in [0.717, 1.165) is 12.8 Å². The van der Waals surface area contributed by atoms with Gasteiger partial charge in [0.05, 0.1) is 52.2 Å². The van der Waals surface area contributed by atoms with Crippen molar-refractivity contribution in [1.29, 1.82) is 0 Å². The minimum atomic E-state index is -1.89. The number of nitrogens with one attached hydrogen (secondary N) is 3. The number of carbonyl (C=O) groups excluding carboxylic acids is 3. The fraction of sp³-hybridized carbons (Fsp3) is 0.776. The average Bonchev–Trinajstić information content (AvgIpc) is 4.43. The second-order valence-corrected chi connectivity index (χ2v) is 24.9. The van der Waals surface area contributed by atoms with Crippen molar-refractivity contribution in [2.75, 3.05) is 66.3 Å². The molecule has 0 spiro atoms. The molecule has 18 atom stereocenters. The van der Waals surface area contributed by atoms with Crippen molar-refractivity contribution in [3.05, 3.63) is 39.1 Å². The minimum Gasteiger partial charge on any atom is -0.477 e. The Hall–Kier alpha value is -4.08. The van der Waals surface area contributed by atoms with Crippen LogP contribution in [0.25, 0.3) is 10.9 Å². The van der Waals surface area contributed by atoms with Gasteiger partial charge in [0.15, 0.2) is 18.7 Å². The number of hydrogen-bond acceptors (Lipinski definition) is 20. The summed E-state index contributed by atoms with van der Waals surface area (Å²) >= 11 is 6.59. The number of rotatable bonds is 19. The highest BCUT2D eigenvalue weighted by molar-refractivity contribution is 6.34. The summed E-state index contributed by atoms with van der Waals surface area (Å²) in [5.74, 6) is -5.47. The summed E-state index contributed by atoms with van der Waals surface area (Å²) in [6.07, 6.45) is -6.50. The van der Waals surface area contributed by atoms with Gasteiger partial charge in [-0.25, -0.2) is 4.79 Å². The number of esters is 2. The second kappa shape index (κ2) is 28.0. The first-order chi connectivity index (χ1) is 38.3. The number of fused-ring (bicyclic) bond motifs is 1. The third-order valence-corrected chi connectivity index (χ3v) is 17.6. The Morgan fingerprint density at radius 3 is 2.24 bits per heavy atom. The van der Waals surface area contributed by atoms with Gasteiger partial charge in [0.25, 0.3) is 0 Å². The smallest absolute Gasteiger partial charge is 0.341 e. The Morgan fingerprint density at radius 1 is 0.939 bits per heavy atom. The number of aromatic nitrogens is 1. The number of carboxylic acids is 1. The number of anilines is 1. The van der Waals surface area contributed by atoms with Crippen LogP contribution >= 0.6 is 11.6 Å². The van der Waals surface area contributed by atoms with E-state index in [1.54, 1.807) is 65.2 Å². The van der Waals surface area contributed by atoms with Gasteiger partial charge in [-0.05, 0) is 120 Å². The van der Waals surface area contributed by atoms with Crippen molar-refractivity contribution in [3.63, 3.8) is 0 Å². The summed E-state index contributed by atoms with van der Waals surface area (Å²) in [5.41, 5.74) is -4.67. The third kappa shape index (κ3) is 15.9. The van der Waals surface area contributed by atoms with Gasteiger partial charge >= 0.3 is 17.9 Å². The van der Waals surface area contributed by atoms with E-state index in [-0.39, 0.29) is 67.3 Å². The molecule has 24 heteroatoms. The summed E-state index contributed by atoms with van der Waals surface area (Å²) in [7, 11) is 6.99. The first kappa shape index (κ1) is 67.1. The van der Waals surface area contributed by atoms with Crippen LogP contribution in [0.4, 0.5) is 5.69 Å².